The normalized spacial score (nSPS) is 15.4. The fourth-order valence-corrected chi connectivity index (χ4v) is 6.84. The molecule has 0 bridgehead atoms. The molecule has 2 heterocycles. The minimum absolute atomic E-state index is 1.04. The lowest BCUT2D eigenvalue weighted by Crippen LogP contribution is -2.03. The molecule has 0 aliphatic heterocycles. The van der Waals surface area contributed by atoms with Crippen molar-refractivity contribution < 1.29 is 0 Å². The molecule has 2 heteroatoms. The maximum absolute atomic E-state index is 2.50. The molecule has 0 spiro atoms. The number of hydrogen-bond acceptors (Lipinski definition) is 0. The van der Waals surface area contributed by atoms with Crippen molar-refractivity contribution in [2.24, 2.45) is 7.05 Å². The summed E-state index contributed by atoms with van der Waals surface area (Å²) in [5, 5.41) is 4.02. The molecule has 0 saturated heterocycles. The van der Waals surface area contributed by atoms with E-state index in [-0.39, 0.29) is 0 Å². The highest BCUT2D eigenvalue weighted by molar-refractivity contribution is 6.11. The number of aromatic nitrogens is 2. The van der Waals surface area contributed by atoms with Gasteiger partial charge in [0.05, 0.1) is 11.0 Å². The Morgan fingerprint density at radius 2 is 1.33 bits per heavy atom. The number of nitrogens with zero attached hydrogens (tertiary/aromatic N) is 2. The van der Waals surface area contributed by atoms with Crippen LogP contribution in [0.4, 0.5) is 0 Å². The smallest absolute Gasteiger partial charge is 0.0538 e. The zero-order chi connectivity index (χ0) is 25.9. The highest BCUT2D eigenvalue weighted by Gasteiger charge is 2.21. The van der Waals surface area contributed by atoms with Crippen molar-refractivity contribution in [3.05, 3.63) is 132 Å². The van der Waals surface area contributed by atoms with Crippen molar-refractivity contribution in [1.29, 1.82) is 0 Å². The average Bonchev–Trinajstić information content (AvgIpc) is 3.49. The molecular formula is C37H30N2. The first-order chi connectivity index (χ1) is 19.3. The standard InChI is InChI=1S/C37H30N2/c1-38-34-16-7-5-14-30(34)32-23-27(18-20-35(32)38)28-19-21-37-33(24-28)31-15-6-8-17-36(31)39(37)29-13-9-12-26(22-29)25-10-3-2-4-11-25/h2-8,10-12,14-17,19,21-24H,9,13,18,20H2,1H3. The second kappa shape index (κ2) is 8.74. The van der Waals surface area contributed by atoms with Gasteiger partial charge in [0.25, 0.3) is 0 Å². The molecule has 2 aromatic heterocycles. The van der Waals surface area contributed by atoms with Crippen molar-refractivity contribution in [2.45, 2.75) is 25.7 Å². The first kappa shape index (κ1) is 22.4. The molecule has 6 aromatic rings. The van der Waals surface area contributed by atoms with Gasteiger partial charge >= 0.3 is 0 Å². The van der Waals surface area contributed by atoms with Crippen LogP contribution in [0.1, 0.15) is 41.6 Å². The highest BCUT2D eigenvalue weighted by Crippen LogP contribution is 2.40. The predicted octanol–water partition coefficient (Wildman–Crippen LogP) is 9.49. The van der Waals surface area contributed by atoms with Gasteiger partial charge in [-0.1, -0.05) is 78.9 Å². The quantitative estimate of drug-likeness (QED) is 0.228. The van der Waals surface area contributed by atoms with Gasteiger partial charge in [0.2, 0.25) is 0 Å². The summed E-state index contributed by atoms with van der Waals surface area (Å²) in [6.07, 6.45) is 11.5. The molecule has 8 rings (SSSR count). The van der Waals surface area contributed by atoms with E-state index in [1.807, 2.05) is 0 Å². The van der Waals surface area contributed by atoms with E-state index in [1.54, 1.807) is 0 Å². The molecule has 0 amide bonds. The number of rotatable bonds is 3. The third-order valence-electron chi connectivity index (χ3n) is 8.75. The lowest BCUT2D eigenvalue weighted by Gasteiger charge is -2.18. The second-order valence-electron chi connectivity index (χ2n) is 10.9. The van der Waals surface area contributed by atoms with Gasteiger partial charge in [-0.25, -0.2) is 0 Å². The number of fused-ring (bicyclic) bond motifs is 6. The number of hydrogen-bond donors (Lipinski definition) is 0. The van der Waals surface area contributed by atoms with Crippen molar-refractivity contribution in [3.8, 4) is 0 Å². The second-order valence-corrected chi connectivity index (χ2v) is 10.9. The van der Waals surface area contributed by atoms with Crippen LogP contribution in [-0.4, -0.2) is 9.13 Å². The van der Waals surface area contributed by atoms with Gasteiger partial charge in [0.15, 0.2) is 0 Å². The number of allylic oxidation sites excluding steroid dienone is 5. The van der Waals surface area contributed by atoms with E-state index in [9.17, 15) is 0 Å². The summed E-state index contributed by atoms with van der Waals surface area (Å²) in [7, 11) is 2.21. The monoisotopic (exact) mass is 502 g/mol. The Hall–Kier alpha value is -4.56. The van der Waals surface area contributed by atoms with Gasteiger partial charge in [-0.05, 0) is 84.4 Å². The van der Waals surface area contributed by atoms with Crippen LogP contribution in [0.25, 0.3) is 55.6 Å². The minimum atomic E-state index is 1.04. The Morgan fingerprint density at radius 3 is 2.21 bits per heavy atom. The van der Waals surface area contributed by atoms with E-state index in [4.69, 9.17) is 0 Å². The maximum atomic E-state index is 2.50. The van der Waals surface area contributed by atoms with Gasteiger partial charge in [-0.15, -0.1) is 0 Å². The van der Waals surface area contributed by atoms with Gasteiger partial charge < -0.3 is 9.13 Å². The molecule has 0 saturated carbocycles. The summed E-state index contributed by atoms with van der Waals surface area (Å²) in [6, 6.07) is 35.6. The predicted molar refractivity (Wildman–Crippen MR) is 166 cm³/mol. The fourth-order valence-electron chi connectivity index (χ4n) is 6.84. The molecule has 4 aromatic carbocycles. The van der Waals surface area contributed by atoms with Crippen molar-refractivity contribution in [1.82, 2.24) is 9.13 Å². The molecule has 2 nitrogen and oxygen atoms in total. The molecule has 0 atom stereocenters. The Morgan fingerprint density at radius 1 is 0.590 bits per heavy atom. The average molecular weight is 503 g/mol. The lowest BCUT2D eigenvalue weighted by molar-refractivity contribution is 0.830. The van der Waals surface area contributed by atoms with Gasteiger partial charge in [-0.3, -0.25) is 0 Å². The van der Waals surface area contributed by atoms with Crippen LogP contribution in [0.3, 0.4) is 0 Å². The Labute approximate surface area is 228 Å². The van der Waals surface area contributed by atoms with Crippen LogP contribution in [0, 0.1) is 0 Å². The minimum Gasteiger partial charge on any atom is -0.347 e. The van der Waals surface area contributed by atoms with Crippen LogP contribution in [-0.2, 0) is 13.5 Å². The summed E-state index contributed by atoms with van der Waals surface area (Å²) >= 11 is 0. The molecular weight excluding hydrogens is 472 g/mol. The van der Waals surface area contributed by atoms with Crippen LogP contribution in [0.5, 0.6) is 0 Å². The number of benzene rings is 4. The highest BCUT2D eigenvalue weighted by atomic mass is 15.0. The first-order valence-electron chi connectivity index (χ1n) is 14.0. The summed E-state index contributed by atoms with van der Waals surface area (Å²) in [6.45, 7) is 0. The maximum Gasteiger partial charge on any atom is 0.0538 e. The Kier molecular flexibility index (Phi) is 5.03. The van der Waals surface area contributed by atoms with E-state index >= 15 is 0 Å². The fraction of sp³-hybridized carbons (Fsp3) is 0.135. The van der Waals surface area contributed by atoms with Crippen LogP contribution >= 0.6 is 0 Å². The van der Waals surface area contributed by atoms with E-state index in [1.165, 1.54) is 71.9 Å². The number of aryl methyl sites for hydroxylation is 1. The lowest BCUT2D eigenvalue weighted by atomic mass is 9.90. The largest absolute Gasteiger partial charge is 0.347 e. The summed E-state index contributed by atoms with van der Waals surface area (Å²) in [4.78, 5) is 0. The number of para-hydroxylation sites is 2. The molecule has 0 fully saturated rings. The topological polar surface area (TPSA) is 9.86 Å². The zero-order valence-corrected chi connectivity index (χ0v) is 22.2. The Balaban J connectivity index is 1.28. The summed E-state index contributed by atoms with van der Waals surface area (Å²) in [5.74, 6) is 0. The molecule has 39 heavy (non-hydrogen) atoms. The third kappa shape index (κ3) is 3.48. The van der Waals surface area contributed by atoms with E-state index < -0.39 is 0 Å². The molecule has 0 radical (unpaired) electrons. The van der Waals surface area contributed by atoms with Gasteiger partial charge in [0.1, 0.15) is 0 Å². The van der Waals surface area contributed by atoms with E-state index in [0.29, 0.717) is 0 Å². The summed E-state index contributed by atoms with van der Waals surface area (Å²) < 4.78 is 4.88. The van der Waals surface area contributed by atoms with Crippen molar-refractivity contribution in [3.63, 3.8) is 0 Å². The SMILES string of the molecule is Cn1c2c(c3ccccc31)C=C(c1ccc3c(c1)c1ccccc1n3C1=CC(c3ccccc3)=CCC1)CC2. The van der Waals surface area contributed by atoms with Gasteiger partial charge in [-0.2, -0.15) is 0 Å². The third-order valence-corrected chi connectivity index (χ3v) is 8.75. The van der Waals surface area contributed by atoms with Crippen molar-refractivity contribution >= 4 is 55.6 Å². The molecule has 188 valence electrons. The van der Waals surface area contributed by atoms with Crippen molar-refractivity contribution in [2.75, 3.05) is 0 Å². The van der Waals surface area contributed by atoms with E-state index in [2.05, 4.69) is 131 Å². The molecule has 0 N–H and O–H groups in total. The first-order valence-corrected chi connectivity index (χ1v) is 14.0. The van der Waals surface area contributed by atoms with Crippen LogP contribution < -0.4 is 0 Å². The summed E-state index contributed by atoms with van der Waals surface area (Å²) in [5.41, 5.74) is 13.5. The Bertz CT molecular complexity index is 2010. The zero-order valence-electron chi connectivity index (χ0n) is 22.2. The van der Waals surface area contributed by atoms with E-state index in [0.717, 1.165) is 25.7 Å². The molecule has 0 unspecified atom stereocenters. The molecule has 2 aliphatic carbocycles. The van der Waals surface area contributed by atoms with Crippen LogP contribution in [0.2, 0.25) is 0 Å². The molecule has 2 aliphatic rings. The van der Waals surface area contributed by atoms with Gasteiger partial charge in [0, 0.05) is 45.7 Å². The van der Waals surface area contributed by atoms with Crippen LogP contribution in [0.15, 0.2) is 109 Å².